The number of hydrogen-bond acceptors (Lipinski definition) is 15. The maximum absolute atomic E-state index is 12.5. The Morgan fingerprint density at radius 2 is 1.68 bits per heavy atom. The fourth-order valence-electron chi connectivity index (χ4n) is 5.15. The molecule has 14 atom stereocenters. The third kappa shape index (κ3) is 8.01. The number of rotatable bonds is 12. The number of nitrogens with two attached hydrogens (primary N) is 3. The van der Waals surface area contributed by atoms with E-state index >= 15 is 0 Å². The van der Waals surface area contributed by atoms with E-state index in [-0.39, 0.29) is 19.1 Å². The van der Waals surface area contributed by atoms with Gasteiger partial charge in [-0.25, -0.2) is 4.39 Å². The molecule has 0 aromatic rings. The van der Waals surface area contributed by atoms with Gasteiger partial charge >= 0.3 is 0 Å². The number of ether oxygens (including phenoxy) is 4. The summed E-state index contributed by atoms with van der Waals surface area (Å²) >= 11 is 0. The Labute approximate surface area is 231 Å². The van der Waals surface area contributed by atoms with Gasteiger partial charge < -0.3 is 77.4 Å². The van der Waals surface area contributed by atoms with Gasteiger partial charge in [0.2, 0.25) is 0 Å². The molecule has 2 saturated heterocycles. The van der Waals surface area contributed by atoms with Crippen molar-refractivity contribution in [3.05, 3.63) is 0 Å². The van der Waals surface area contributed by atoms with Crippen LogP contribution in [0, 0.1) is 5.41 Å². The molecule has 2 heterocycles. The van der Waals surface area contributed by atoms with Crippen LogP contribution in [0.25, 0.3) is 0 Å². The first-order valence-corrected chi connectivity index (χ1v) is 13.5. The molecule has 0 amide bonds. The van der Waals surface area contributed by atoms with Crippen molar-refractivity contribution >= 4 is 5.84 Å². The molecule has 0 bridgehead atoms. The summed E-state index contributed by atoms with van der Waals surface area (Å²) in [6, 6.07) is -3.58. The second-order valence-corrected chi connectivity index (χ2v) is 10.5. The quantitative estimate of drug-likeness (QED) is 0.0578. The summed E-state index contributed by atoms with van der Waals surface area (Å²) in [5, 5.41) is 74.5. The van der Waals surface area contributed by atoms with Crippen LogP contribution in [-0.2, 0) is 18.9 Å². The van der Waals surface area contributed by atoms with Gasteiger partial charge in [-0.1, -0.05) is 0 Å². The van der Waals surface area contributed by atoms with Crippen molar-refractivity contribution in [3.8, 4) is 0 Å². The van der Waals surface area contributed by atoms with Crippen molar-refractivity contribution in [2.45, 2.75) is 105 Å². The lowest BCUT2D eigenvalue weighted by Crippen LogP contribution is -2.69. The maximum Gasteiger partial charge on any atom is 0.186 e. The number of nitrogens with one attached hydrogen (secondary N) is 3. The molecule has 8 unspecified atom stereocenters. The molecule has 0 spiro atoms. The second-order valence-electron chi connectivity index (χ2n) is 10.5. The third-order valence-corrected chi connectivity index (χ3v) is 7.53. The fourth-order valence-corrected chi connectivity index (χ4v) is 5.15. The Kier molecular flexibility index (Phi) is 12.8. The van der Waals surface area contributed by atoms with E-state index in [0.717, 1.165) is 0 Å². The van der Waals surface area contributed by atoms with Gasteiger partial charge in [0.05, 0.1) is 37.4 Å². The van der Waals surface area contributed by atoms with Gasteiger partial charge in [-0.15, -0.1) is 0 Å². The van der Waals surface area contributed by atoms with Gasteiger partial charge in [0.1, 0.15) is 55.2 Å². The number of hydrogen-bond donors (Lipinski definition) is 12. The average molecular weight is 585 g/mol. The standard InChI is InChI=1S/C23H45FN6O10/c24-3-4-29-6-9-1-2-10(25)22(37-9)39-19-11(26)5-12(30-21(28)13(33)7-31)20(18(19)36)40-23-17(35)15(27)16(34)14(8-32)38-23/h9-20,22-23,29,31-36H,1-8,25-27H2,(H2,28,30)/t9-,10?,11-,12+,13?,14?,15-,16?,17?,18?,19?,20?,22+,23+/m0/s1. The molecule has 1 saturated carbocycles. The van der Waals surface area contributed by atoms with Crippen molar-refractivity contribution in [2.75, 3.05) is 33.0 Å². The third-order valence-electron chi connectivity index (χ3n) is 7.53. The maximum atomic E-state index is 12.5. The molecule has 2 aliphatic heterocycles. The second kappa shape index (κ2) is 15.4. The lowest BCUT2D eigenvalue weighted by molar-refractivity contribution is -0.313. The molecule has 17 heteroatoms. The molecule has 3 fully saturated rings. The zero-order chi connectivity index (χ0) is 29.6. The van der Waals surface area contributed by atoms with Crippen LogP contribution in [0.4, 0.5) is 4.39 Å². The number of halogens is 1. The van der Waals surface area contributed by atoms with E-state index in [0.29, 0.717) is 19.4 Å². The average Bonchev–Trinajstić information content (AvgIpc) is 2.94. The molecule has 0 radical (unpaired) electrons. The highest BCUT2D eigenvalue weighted by Crippen LogP contribution is 2.31. The van der Waals surface area contributed by atoms with E-state index in [1.807, 2.05) is 0 Å². The smallest absolute Gasteiger partial charge is 0.186 e. The number of aliphatic hydroxyl groups excluding tert-OH is 6. The van der Waals surface area contributed by atoms with Crippen molar-refractivity contribution in [3.63, 3.8) is 0 Å². The minimum absolute atomic E-state index is 0.0251. The molecule has 3 aliphatic rings. The van der Waals surface area contributed by atoms with E-state index in [9.17, 15) is 35.0 Å². The summed E-state index contributed by atoms with van der Waals surface area (Å²) in [4.78, 5) is 0. The summed E-state index contributed by atoms with van der Waals surface area (Å²) in [5.41, 5.74) is 18.5. The van der Waals surface area contributed by atoms with Crippen molar-refractivity contribution in [2.24, 2.45) is 17.2 Å². The van der Waals surface area contributed by atoms with Crippen LogP contribution in [0.2, 0.25) is 0 Å². The van der Waals surface area contributed by atoms with Crippen molar-refractivity contribution < 1.29 is 54.0 Å². The molecule has 40 heavy (non-hydrogen) atoms. The first-order valence-electron chi connectivity index (χ1n) is 13.5. The van der Waals surface area contributed by atoms with Gasteiger partial charge in [0.15, 0.2) is 12.6 Å². The molecule has 1 aliphatic carbocycles. The first kappa shape index (κ1) is 33.3. The molecular weight excluding hydrogens is 539 g/mol. The highest BCUT2D eigenvalue weighted by molar-refractivity contribution is 5.83. The molecule has 0 aromatic carbocycles. The summed E-state index contributed by atoms with van der Waals surface area (Å²) < 4.78 is 35.9. The van der Waals surface area contributed by atoms with Crippen LogP contribution in [0.1, 0.15) is 19.3 Å². The van der Waals surface area contributed by atoms with Gasteiger partial charge in [-0.05, 0) is 19.3 Å². The lowest BCUT2D eigenvalue weighted by Gasteiger charge is -2.48. The van der Waals surface area contributed by atoms with E-state index in [1.165, 1.54) is 0 Å². The van der Waals surface area contributed by atoms with Crippen LogP contribution in [0.3, 0.4) is 0 Å². The molecular formula is C23H45FN6O10. The zero-order valence-corrected chi connectivity index (χ0v) is 22.2. The highest BCUT2D eigenvalue weighted by atomic mass is 19.1. The zero-order valence-electron chi connectivity index (χ0n) is 22.2. The molecule has 3 rings (SSSR count). The minimum atomic E-state index is -1.56. The largest absolute Gasteiger partial charge is 0.394 e. The summed E-state index contributed by atoms with van der Waals surface area (Å²) in [7, 11) is 0. The van der Waals surface area contributed by atoms with Crippen LogP contribution >= 0.6 is 0 Å². The van der Waals surface area contributed by atoms with Gasteiger partial charge in [0.25, 0.3) is 0 Å². The van der Waals surface area contributed by atoms with Gasteiger partial charge in [-0.3, -0.25) is 5.41 Å². The first-order chi connectivity index (χ1) is 19.0. The number of amidine groups is 1. The highest BCUT2D eigenvalue weighted by Gasteiger charge is 2.51. The Hall–Kier alpha value is -1.16. The van der Waals surface area contributed by atoms with Crippen LogP contribution in [0.5, 0.6) is 0 Å². The van der Waals surface area contributed by atoms with E-state index < -0.39 is 105 Å². The summed E-state index contributed by atoms with van der Waals surface area (Å²) in [6.45, 7) is -1.35. The molecule has 16 nitrogen and oxygen atoms in total. The lowest BCUT2D eigenvalue weighted by atomic mass is 9.83. The van der Waals surface area contributed by atoms with Crippen LogP contribution in [0.15, 0.2) is 0 Å². The van der Waals surface area contributed by atoms with E-state index in [2.05, 4.69) is 10.6 Å². The predicted octanol–water partition coefficient (Wildman–Crippen LogP) is -5.70. The van der Waals surface area contributed by atoms with Gasteiger partial charge in [-0.2, -0.15) is 0 Å². The fraction of sp³-hybridized carbons (Fsp3) is 0.957. The predicted molar refractivity (Wildman–Crippen MR) is 137 cm³/mol. The number of alkyl halides is 1. The summed E-state index contributed by atoms with van der Waals surface area (Å²) in [6.07, 6.45) is -11.2. The molecule has 0 aromatic heterocycles. The SMILES string of the molecule is N=C(N[C@@H]1C[C@H](N)C(O[C@H]2O[C@H](CNCCF)CCC2N)C(O)C1O[C@H]1OC(CO)C(O)[C@H](N)C1O)C(O)CO. The van der Waals surface area contributed by atoms with Crippen molar-refractivity contribution in [1.29, 1.82) is 5.41 Å². The van der Waals surface area contributed by atoms with Crippen LogP contribution < -0.4 is 27.8 Å². The van der Waals surface area contributed by atoms with Crippen molar-refractivity contribution in [1.82, 2.24) is 10.6 Å². The molecule has 234 valence electrons. The van der Waals surface area contributed by atoms with E-state index in [4.69, 9.17) is 41.6 Å². The number of aliphatic hydroxyl groups is 6. The Morgan fingerprint density at radius 3 is 2.33 bits per heavy atom. The van der Waals surface area contributed by atoms with E-state index in [1.54, 1.807) is 0 Å². The summed E-state index contributed by atoms with van der Waals surface area (Å²) in [5.74, 6) is -0.466. The topological polar surface area (TPSA) is 284 Å². The normalized spacial score (nSPS) is 43.3. The Balaban J connectivity index is 1.78. The molecule has 15 N–H and O–H groups in total. The minimum Gasteiger partial charge on any atom is -0.394 e. The van der Waals surface area contributed by atoms with Gasteiger partial charge in [0, 0.05) is 19.1 Å². The Morgan fingerprint density at radius 1 is 0.975 bits per heavy atom. The van der Waals surface area contributed by atoms with Crippen LogP contribution in [-0.4, -0.2) is 155 Å². The monoisotopic (exact) mass is 584 g/mol. The Bertz CT molecular complexity index is 792.